The summed E-state index contributed by atoms with van der Waals surface area (Å²) in [7, 11) is 0. The van der Waals surface area contributed by atoms with Gasteiger partial charge in [-0.2, -0.15) is 0 Å². The fourth-order valence-electron chi connectivity index (χ4n) is 0.944. The van der Waals surface area contributed by atoms with Crippen LogP contribution in [-0.2, 0) is 0 Å². The van der Waals surface area contributed by atoms with Gasteiger partial charge in [-0.3, -0.25) is 4.99 Å². The van der Waals surface area contributed by atoms with Gasteiger partial charge in [0.25, 0.3) is 0 Å². The Kier molecular flexibility index (Phi) is 3.70. The van der Waals surface area contributed by atoms with E-state index in [0.29, 0.717) is 5.88 Å². The number of aliphatic imine (C=N–C) groups is 1. The van der Waals surface area contributed by atoms with Crippen LogP contribution in [-0.4, -0.2) is 11.6 Å². The molecule has 0 aliphatic carbocycles. The fourth-order valence-corrected chi connectivity index (χ4v) is 1.14. The van der Waals surface area contributed by atoms with Crippen LogP contribution in [0.15, 0.2) is 35.3 Å². The normalized spacial score (nSPS) is 13.0. The molecule has 0 atom stereocenters. The van der Waals surface area contributed by atoms with Crippen LogP contribution in [0.5, 0.6) is 0 Å². The Bertz CT molecular complexity index is 314. The highest BCUT2D eigenvalue weighted by Crippen LogP contribution is 2.22. The van der Waals surface area contributed by atoms with Crippen molar-refractivity contribution >= 4 is 23.0 Å². The highest BCUT2D eigenvalue weighted by atomic mass is 35.5. The molecule has 0 radical (unpaired) electrons. The molecule has 0 aliphatic heterocycles. The summed E-state index contributed by atoms with van der Waals surface area (Å²) >= 11 is 5.87. The number of benzene rings is 1. The van der Waals surface area contributed by atoms with E-state index >= 15 is 0 Å². The summed E-state index contributed by atoms with van der Waals surface area (Å²) in [6.45, 7) is 6.22. The van der Waals surface area contributed by atoms with Gasteiger partial charge in [-0.15, -0.1) is 11.6 Å². The van der Waals surface area contributed by atoms with E-state index in [9.17, 15) is 0 Å². The minimum absolute atomic E-state index is 0.0304. The lowest BCUT2D eigenvalue weighted by Gasteiger charge is -2.20. The molecule has 0 saturated heterocycles. The van der Waals surface area contributed by atoms with E-state index < -0.39 is 0 Å². The molecule has 0 amide bonds. The van der Waals surface area contributed by atoms with E-state index in [1.54, 1.807) is 0 Å². The van der Waals surface area contributed by atoms with Crippen molar-refractivity contribution < 1.29 is 0 Å². The smallest absolute Gasteiger partial charge is 0.0629 e. The van der Waals surface area contributed by atoms with Gasteiger partial charge in [-0.1, -0.05) is 32.0 Å². The molecule has 0 aliphatic rings. The lowest BCUT2D eigenvalue weighted by Crippen LogP contribution is -2.23. The van der Waals surface area contributed by atoms with E-state index in [1.807, 2.05) is 37.3 Å². The van der Waals surface area contributed by atoms with Gasteiger partial charge in [0.05, 0.1) is 5.69 Å². The van der Waals surface area contributed by atoms with Crippen molar-refractivity contribution in [2.75, 3.05) is 5.88 Å². The molecule has 0 heterocycles. The van der Waals surface area contributed by atoms with E-state index in [0.717, 1.165) is 11.4 Å². The van der Waals surface area contributed by atoms with Crippen molar-refractivity contribution in [2.24, 2.45) is 10.4 Å². The van der Waals surface area contributed by atoms with Crippen LogP contribution in [0.3, 0.4) is 0 Å². The Balaban J connectivity index is 2.89. The number of hydrogen-bond donors (Lipinski definition) is 0. The highest BCUT2D eigenvalue weighted by molar-refractivity contribution is 6.20. The van der Waals surface area contributed by atoms with E-state index in [2.05, 4.69) is 18.8 Å². The second-order valence-electron chi connectivity index (χ2n) is 4.05. The summed E-state index contributed by atoms with van der Waals surface area (Å²) in [5.41, 5.74) is 2.03. The van der Waals surface area contributed by atoms with Crippen LogP contribution >= 0.6 is 11.6 Å². The maximum absolute atomic E-state index is 5.87. The Morgan fingerprint density at radius 3 is 2.36 bits per heavy atom. The third kappa shape index (κ3) is 2.85. The van der Waals surface area contributed by atoms with Crippen LogP contribution in [0.1, 0.15) is 20.8 Å². The summed E-state index contributed by atoms with van der Waals surface area (Å²) in [6, 6.07) is 9.95. The Labute approximate surface area is 90.8 Å². The first kappa shape index (κ1) is 11.3. The Hall–Kier alpha value is -0.820. The van der Waals surface area contributed by atoms with Crippen LogP contribution in [0.25, 0.3) is 0 Å². The van der Waals surface area contributed by atoms with Crippen molar-refractivity contribution in [2.45, 2.75) is 20.8 Å². The molecule has 0 fully saturated rings. The lowest BCUT2D eigenvalue weighted by molar-refractivity contribution is 0.596. The van der Waals surface area contributed by atoms with Crippen molar-refractivity contribution in [3.05, 3.63) is 30.3 Å². The summed E-state index contributed by atoms with van der Waals surface area (Å²) in [4.78, 5) is 4.53. The van der Waals surface area contributed by atoms with Crippen molar-refractivity contribution in [1.82, 2.24) is 0 Å². The largest absolute Gasteiger partial charge is 0.258 e. The van der Waals surface area contributed by atoms with Crippen LogP contribution < -0.4 is 0 Å². The highest BCUT2D eigenvalue weighted by Gasteiger charge is 2.19. The molecule has 2 heteroatoms. The first-order chi connectivity index (χ1) is 6.56. The third-order valence-electron chi connectivity index (χ3n) is 2.37. The number of hydrogen-bond acceptors (Lipinski definition) is 1. The van der Waals surface area contributed by atoms with Crippen molar-refractivity contribution in [3.63, 3.8) is 0 Å². The van der Waals surface area contributed by atoms with Gasteiger partial charge in [0.15, 0.2) is 0 Å². The van der Waals surface area contributed by atoms with E-state index in [4.69, 9.17) is 11.6 Å². The fraction of sp³-hybridized carbons (Fsp3) is 0.417. The number of halogens is 1. The van der Waals surface area contributed by atoms with Crippen LogP contribution in [0, 0.1) is 5.41 Å². The molecule has 0 spiro atoms. The third-order valence-corrected chi connectivity index (χ3v) is 3.03. The first-order valence-corrected chi connectivity index (χ1v) is 5.26. The number of alkyl halides is 1. The van der Waals surface area contributed by atoms with E-state index in [-0.39, 0.29) is 5.41 Å². The molecule has 14 heavy (non-hydrogen) atoms. The van der Waals surface area contributed by atoms with Gasteiger partial charge in [0.1, 0.15) is 0 Å². The molecule has 0 N–H and O–H groups in total. The summed E-state index contributed by atoms with van der Waals surface area (Å²) < 4.78 is 0. The molecule has 76 valence electrons. The molecular weight excluding hydrogens is 194 g/mol. The maximum atomic E-state index is 5.87. The maximum Gasteiger partial charge on any atom is 0.0629 e. The predicted octanol–water partition coefficient (Wildman–Crippen LogP) is 4.04. The monoisotopic (exact) mass is 209 g/mol. The molecule has 0 unspecified atom stereocenters. The van der Waals surface area contributed by atoms with Crippen molar-refractivity contribution in [3.8, 4) is 0 Å². The Morgan fingerprint density at radius 1 is 1.29 bits per heavy atom. The van der Waals surface area contributed by atoms with Gasteiger partial charge in [0.2, 0.25) is 0 Å². The van der Waals surface area contributed by atoms with Gasteiger partial charge in [-0.05, 0) is 19.1 Å². The zero-order chi connectivity index (χ0) is 10.6. The molecular formula is C12H16ClN. The van der Waals surface area contributed by atoms with Gasteiger partial charge < -0.3 is 0 Å². The second-order valence-corrected chi connectivity index (χ2v) is 4.32. The molecule has 1 rings (SSSR count). The number of para-hydroxylation sites is 1. The quantitative estimate of drug-likeness (QED) is 0.526. The zero-order valence-corrected chi connectivity index (χ0v) is 9.67. The zero-order valence-electron chi connectivity index (χ0n) is 8.92. The average molecular weight is 210 g/mol. The molecule has 0 saturated carbocycles. The second kappa shape index (κ2) is 4.61. The number of rotatable bonds is 3. The SMILES string of the molecule is CC(=Nc1ccccc1)C(C)(C)CCl. The first-order valence-electron chi connectivity index (χ1n) is 4.73. The van der Waals surface area contributed by atoms with Gasteiger partial charge >= 0.3 is 0 Å². The average Bonchev–Trinajstić information content (AvgIpc) is 2.19. The lowest BCUT2D eigenvalue weighted by atomic mass is 9.91. The van der Waals surface area contributed by atoms with E-state index in [1.165, 1.54) is 0 Å². The molecule has 0 aromatic heterocycles. The van der Waals surface area contributed by atoms with Gasteiger partial charge in [0, 0.05) is 17.0 Å². The predicted molar refractivity (Wildman–Crippen MR) is 63.7 cm³/mol. The van der Waals surface area contributed by atoms with Gasteiger partial charge in [-0.25, -0.2) is 0 Å². The molecule has 1 aromatic rings. The summed E-state index contributed by atoms with van der Waals surface area (Å²) in [6.07, 6.45) is 0. The summed E-state index contributed by atoms with van der Waals surface area (Å²) in [5.74, 6) is 0.592. The molecule has 1 nitrogen and oxygen atoms in total. The standard InChI is InChI=1S/C12H16ClN/c1-10(12(2,3)9-13)14-11-7-5-4-6-8-11/h4-8H,9H2,1-3H3. The van der Waals surface area contributed by atoms with Crippen LogP contribution in [0.4, 0.5) is 5.69 Å². The Morgan fingerprint density at radius 2 is 1.86 bits per heavy atom. The minimum atomic E-state index is -0.0304. The summed E-state index contributed by atoms with van der Waals surface area (Å²) in [5, 5.41) is 0. The molecule has 1 aromatic carbocycles. The van der Waals surface area contributed by atoms with Crippen LogP contribution in [0.2, 0.25) is 0 Å². The van der Waals surface area contributed by atoms with Crippen molar-refractivity contribution in [1.29, 1.82) is 0 Å². The molecule has 0 bridgehead atoms. The number of nitrogens with zero attached hydrogens (tertiary/aromatic N) is 1. The topological polar surface area (TPSA) is 12.4 Å². The minimum Gasteiger partial charge on any atom is -0.258 e.